The zero-order valence-electron chi connectivity index (χ0n) is 43.2. The first-order valence-corrected chi connectivity index (χ1v) is 27.3. The molecule has 1 aliphatic carbocycles. The Morgan fingerprint density at radius 2 is 1.09 bits per heavy atom. The fourth-order valence-corrected chi connectivity index (χ4v) is 14.8. The molecule has 0 amide bonds. The molecule has 0 fully saturated rings. The van der Waals surface area contributed by atoms with E-state index in [-0.39, 0.29) is 23.0 Å². The van der Waals surface area contributed by atoms with E-state index in [2.05, 4.69) is 262 Å². The number of para-hydroxylation sites is 5. The molecule has 15 rings (SSSR count). The number of benzene rings is 9. The summed E-state index contributed by atoms with van der Waals surface area (Å²) in [7, 11) is 0. The summed E-state index contributed by atoms with van der Waals surface area (Å²) < 4.78 is 7.95. The fraction of sp³-hybridized carbons (Fsp3) is 0.176. The summed E-state index contributed by atoms with van der Waals surface area (Å²) in [6, 6.07) is 73.8. The van der Waals surface area contributed by atoms with Crippen LogP contribution >= 0.6 is 11.3 Å². The van der Waals surface area contributed by atoms with Gasteiger partial charge in [-0.25, -0.2) is 0 Å². The van der Waals surface area contributed by atoms with Crippen LogP contribution in [-0.4, -0.2) is 15.8 Å². The Morgan fingerprint density at radius 3 is 1.81 bits per heavy atom. The summed E-state index contributed by atoms with van der Waals surface area (Å²) in [6.07, 6.45) is 2.32. The van der Waals surface area contributed by atoms with Crippen molar-refractivity contribution in [3.05, 3.63) is 211 Å². The molecule has 9 aromatic carbocycles. The topological polar surface area (TPSA) is 16.3 Å². The maximum atomic E-state index is 2.71. The van der Waals surface area contributed by atoms with Crippen LogP contribution in [0.4, 0.5) is 34.1 Å². The smallest absolute Gasteiger partial charge is 0.264 e. The summed E-state index contributed by atoms with van der Waals surface area (Å²) in [5, 5.41) is 6.37. The Morgan fingerprint density at radius 1 is 0.486 bits per heavy atom. The van der Waals surface area contributed by atoms with Crippen LogP contribution in [0.1, 0.15) is 78.0 Å². The highest BCUT2D eigenvalue weighted by atomic mass is 32.1. The summed E-state index contributed by atoms with van der Waals surface area (Å²) in [5.74, 6) is 0. The molecule has 0 spiro atoms. The van der Waals surface area contributed by atoms with E-state index in [0.29, 0.717) is 0 Å². The van der Waals surface area contributed by atoms with Gasteiger partial charge < -0.3 is 18.9 Å². The third-order valence-electron chi connectivity index (χ3n) is 17.3. The Balaban J connectivity index is 1.15. The molecule has 6 heteroatoms. The first-order valence-electron chi connectivity index (χ1n) is 26.5. The van der Waals surface area contributed by atoms with Gasteiger partial charge in [-0.15, -0.1) is 11.3 Å². The molecule has 0 bridgehead atoms. The van der Waals surface area contributed by atoms with Crippen molar-refractivity contribution in [2.75, 3.05) is 9.80 Å². The lowest BCUT2D eigenvalue weighted by atomic mass is 9.36. The minimum Gasteiger partial charge on any atom is -0.310 e. The number of thiophene rings is 1. The first-order chi connectivity index (χ1) is 35.9. The molecule has 4 nitrogen and oxygen atoms in total. The Kier molecular flexibility index (Phi) is 9.09. The Labute approximate surface area is 437 Å². The number of fused-ring (bicyclic) bond motifs is 14. The molecular formula is C68H57BN4S. The van der Waals surface area contributed by atoms with Crippen LogP contribution in [0.25, 0.3) is 65.1 Å². The lowest BCUT2D eigenvalue weighted by molar-refractivity contribution is 0.332. The normalized spacial score (nSPS) is 15.3. The van der Waals surface area contributed by atoms with E-state index >= 15 is 0 Å². The van der Waals surface area contributed by atoms with E-state index in [1.54, 1.807) is 0 Å². The van der Waals surface area contributed by atoms with E-state index in [0.717, 1.165) is 29.2 Å². The van der Waals surface area contributed by atoms with E-state index in [9.17, 15) is 0 Å². The molecule has 0 unspecified atom stereocenters. The van der Waals surface area contributed by atoms with Crippen molar-refractivity contribution in [2.24, 2.45) is 0 Å². The number of anilines is 6. The van der Waals surface area contributed by atoms with Crippen molar-refractivity contribution in [2.45, 2.75) is 77.6 Å². The van der Waals surface area contributed by atoms with Gasteiger partial charge in [0.15, 0.2) is 0 Å². The first kappa shape index (κ1) is 43.8. The van der Waals surface area contributed by atoms with Gasteiger partial charge in [0.05, 0.1) is 27.9 Å². The highest BCUT2D eigenvalue weighted by Gasteiger charge is 2.46. The molecule has 3 aromatic heterocycles. The SMILES string of the molecule is CC(C)(C)c1ccc2sc3c(c2c1)N(c1ccc2c(c1)C(C)(C)CCC2(C)C)c1cc(N(c2ccccc2)c2ccccc2)cc2c1B3c1cccc3c4ccc5c6ccccc6n(-c6ccccc6)c5c4n-2c13. The molecule has 358 valence electrons. The third-order valence-corrected chi connectivity index (χ3v) is 18.5. The summed E-state index contributed by atoms with van der Waals surface area (Å²) in [5.41, 5.74) is 21.5. The maximum Gasteiger partial charge on any atom is 0.264 e. The average molecular weight is 973 g/mol. The second kappa shape index (κ2) is 15.4. The average Bonchev–Trinajstić information content (AvgIpc) is 4.12. The van der Waals surface area contributed by atoms with Crippen molar-refractivity contribution in [1.82, 2.24) is 9.13 Å². The van der Waals surface area contributed by atoms with Crippen LogP contribution < -0.4 is 25.5 Å². The van der Waals surface area contributed by atoms with Crippen LogP contribution in [-0.2, 0) is 16.2 Å². The standard InChI is InChI=1S/C68H57BN4S/c1-66(2,3)42-30-35-59-52(38-42)64-65(74-59)69-55-28-19-27-49-51-33-32-50-48-26-17-18-29-56(48)71(45-24-15-10-16-25-45)62(50)63(51)73(61(49)55)58-41-47(70(43-20-11-8-12-21-43)44-22-13-9-14-23-44)40-57(60(58)69)72(64)46-31-34-53-54(39-46)68(6,7)37-36-67(53,4)5/h8-35,38-41H,36-37H2,1-7H3. The van der Waals surface area contributed by atoms with E-state index in [1.165, 1.54) is 115 Å². The lowest BCUT2D eigenvalue weighted by Gasteiger charge is -2.44. The minimum atomic E-state index is -0.0288. The fourth-order valence-electron chi connectivity index (χ4n) is 13.5. The molecule has 2 aliphatic heterocycles. The zero-order valence-corrected chi connectivity index (χ0v) is 44.0. The molecule has 74 heavy (non-hydrogen) atoms. The van der Waals surface area contributed by atoms with Crippen molar-refractivity contribution in [1.29, 1.82) is 0 Å². The number of aromatic nitrogens is 2. The summed E-state index contributed by atoms with van der Waals surface area (Å²) in [4.78, 5) is 5.18. The van der Waals surface area contributed by atoms with Crippen LogP contribution in [0.3, 0.4) is 0 Å². The highest BCUT2D eigenvalue weighted by Crippen LogP contribution is 2.53. The van der Waals surface area contributed by atoms with Crippen LogP contribution in [0, 0.1) is 0 Å². The van der Waals surface area contributed by atoms with Crippen molar-refractivity contribution in [3.63, 3.8) is 0 Å². The Hall–Kier alpha value is -7.80. The van der Waals surface area contributed by atoms with Crippen LogP contribution in [0.2, 0.25) is 0 Å². The van der Waals surface area contributed by atoms with Gasteiger partial charge in [0, 0.05) is 76.0 Å². The molecule has 0 saturated carbocycles. The van der Waals surface area contributed by atoms with Crippen LogP contribution in [0.15, 0.2) is 194 Å². The van der Waals surface area contributed by atoms with E-state index in [1.807, 2.05) is 11.3 Å². The van der Waals surface area contributed by atoms with Gasteiger partial charge in [0.2, 0.25) is 0 Å². The number of hydrogen-bond donors (Lipinski definition) is 0. The monoisotopic (exact) mass is 972 g/mol. The molecule has 12 aromatic rings. The number of rotatable bonds is 5. The maximum absolute atomic E-state index is 2.71. The second-order valence-electron chi connectivity index (χ2n) is 23.6. The van der Waals surface area contributed by atoms with Gasteiger partial charge >= 0.3 is 0 Å². The van der Waals surface area contributed by atoms with Crippen molar-refractivity contribution >= 4 is 122 Å². The van der Waals surface area contributed by atoms with Gasteiger partial charge in [0.25, 0.3) is 6.71 Å². The predicted octanol–water partition coefficient (Wildman–Crippen LogP) is 16.8. The van der Waals surface area contributed by atoms with Crippen LogP contribution in [0.5, 0.6) is 0 Å². The minimum absolute atomic E-state index is 0.0123. The largest absolute Gasteiger partial charge is 0.310 e. The highest BCUT2D eigenvalue weighted by molar-refractivity contribution is 7.33. The molecular weight excluding hydrogens is 916 g/mol. The summed E-state index contributed by atoms with van der Waals surface area (Å²) >= 11 is 1.99. The van der Waals surface area contributed by atoms with E-state index < -0.39 is 0 Å². The van der Waals surface area contributed by atoms with Crippen molar-refractivity contribution in [3.8, 4) is 11.4 Å². The molecule has 0 radical (unpaired) electrons. The molecule has 0 atom stereocenters. The van der Waals surface area contributed by atoms with Gasteiger partial charge in [-0.2, -0.15) is 0 Å². The van der Waals surface area contributed by atoms with Gasteiger partial charge in [0.1, 0.15) is 0 Å². The quantitative estimate of drug-likeness (QED) is 0.160. The third kappa shape index (κ3) is 6.09. The zero-order chi connectivity index (χ0) is 50.0. The Bertz CT molecular complexity index is 4260. The molecule has 0 N–H and O–H groups in total. The molecule has 5 heterocycles. The van der Waals surface area contributed by atoms with Gasteiger partial charge in [-0.05, 0) is 136 Å². The van der Waals surface area contributed by atoms with E-state index in [4.69, 9.17) is 0 Å². The molecule has 3 aliphatic rings. The second-order valence-corrected chi connectivity index (χ2v) is 24.7. The van der Waals surface area contributed by atoms with Gasteiger partial charge in [-0.1, -0.05) is 164 Å². The van der Waals surface area contributed by atoms with Crippen molar-refractivity contribution < 1.29 is 0 Å². The summed E-state index contributed by atoms with van der Waals surface area (Å²) in [6.45, 7) is 16.9. The number of nitrogens with zero attached hydrogens (tertiary/aromatic N) is 4. The molecule has 0 saturated heterocycles. The van der Waals surface area contributed by atoms with Gasteiger partial charge in [-0.3, -0.25) is 0 Å². The predicted molar refractivity (Wildman–Crippen MR) is 319 cm³/mol. The lowest BCUT2D eigenvalue weighted by Crippen LogP contribution is -2.59. The number of hydrogen-bond acceptors (Lipinski definition) is 3.